The summed E-state index contributed by atoms with van der Waals surface area (Å²) >= 11 is 6.21. The minimum absolute atomic E-state index is 0.0924. The third-order valence-corrected chi connectivity index (χ3v) is 4.22. The Morgan fingerprint density at radius 2 is 2.33 bits per heavy atom. The molecule has 0 aromatic carbocycles. The zero-order valence-electron chi connectivity index (χ0n) is 14.4. The third kappa shape index (κ3) is 4.99. The van der Waals surface area contributed by atoms with Crippen LogP contribution in [0.1, 0.15) is 12.8 Å². The van der Waals surface area contributed by atoms with Crippen LogP contribution >= 0.6 is 11.6 Å². The van der Waals surface area contributed by atoms with Crippen LogP contribution in [0.4, 0.5) is 5.82 Å². The van der Waals surface area contributed by atoms with Crippen LogP contribution in [0.3, 0.4) is 0 Å². The van der Waals surface area contributed by atoms with Crippen LogP contribution < -0.4 is 15.5 Å². The van der Waals surface area contributed by atoms with Gasteiger partial charge in [0.15, 0.2) is 5.96 Å². The summed E-state index contributed by atoms with van der Waals surface area (Å²) in [5.74, 6) is 1.62. The number of guanidine groups is 1. The second-order valence-corrected chi connectivity index (χ2v) is 6.33. The normalized spacial score (nSPS) is 17.8. The first-order valence-corrected chi connectivity index (χ1v) is 8.42. The van der Waals surface area contributed by atoms with Gasteiger partial charge in [0.25, 0.3) is 0 Å². The number of aromatic nitrogens is 1. The molecule has 24 heavy (non-hydrogen) atoms. The molecular formula is C16H25ClN6O. The summed E-state index contributed by atoms with van der Waals surface area (Å²) in [6, 6.07) is 3.95. The van der Waals surface area contributed by atoms with Crippen molar-refractivity contribution in [2.75, 3.05) is 45.7 Å². The second kappa shape index (κ2) is 8.73. The Labute approximate surface area is 148 Å². The van der Waals surface area contributed by atoms with E-state index in [1.54, 1.807) is 32.2 Å². The Kier molecular flexibility index (Phi) is 6.66. The number of pyridine rings is 1. The summed E-state index contributed by atoms with van der Waals surface area (Å²) < 4.78 is 0. The monoisotopic (exact) mass is 352 g/mol. The van der Waals surface area contributed by atoms with Gasteiger partial charge in [-0.2, -0.15) is 0 Å². The van der Waals surface area contributed by atoms with Crippen molar-refractivity contribution in [3.05, 3.63) is 23.4 Å². The summed E-state index contributed by atoms with van der Waals surface area (Å²) in [6.07, 6.45) is 3.17. The van der Waals surface area contributed by atoms with Gasteiger partial charge in [-0.15, -0.1) is 0 Å². The van der Waals surface area contributed by atoms with Gasteiger partial charge in [-0.3, -0.25) is 9.79 Å². The first-order valence-electron chi connectivity index (χ1n) is 8.04. The van der Waals surface area contributed by atoms with Gasteiger partial charge in [-0.25, -0.2) is 4.98 Å². The molecule has 7 nitrogen and oxygen atoms in total. The predicted molar refractivity (Wildman–Crippen MR) is 97.7 cm³/mol. The van der Waals surface area contributed by atoms with Crippen molar-refractivity contribution in [1.82, 2.24) is 20.5 Å². The molecular weight excluding hydrogens is 328 g/mol. The van der Waals surface area contributed by atoms with Crippen molar-refractivity contribution < 1.29 is 4.79 Å². The van der Waals surface area contributed by atoms with E-state index in [4.69, 9.17) is 11.6 Å². The molecule has 0 spiro atoms. The van der Waals surface area contributed by atoms with Gasteiger partial charge in [0, 0.05) is 59.4 Å². The topological polar surface area (TPSA) is 72.9 Å². The largest absolute Gasteiger partial charge is 0.356 e. The van der Waals surface area contributed by atoms with Gasteiger partial charge in [-0.1, -0.05) is 11.6 Å². The van der Waals surface area contributed by atoms with E-state index in [0.29, 0.717) is 23.9 Å². The molecule has 1 atom stereocenters. The zero-order chi connectivity index (χ0) is 17.5. The molecule has 0 saturated carbocycles. The molecule has 2 N–H and O–H groups in total. The quantitative estimate of drug-likeness (QED) is 0.610. The van der Waals surface area contributed by atoms with Crippen LogP contribution in [-0.2, 0) is 4.79 Å². The first kappa shape index (κ1) is 18.3. The van der Waals surface area contributed by atoms with E-state index in [1.165, 1.54) is 0 Å². The van der Waals surface area contributed by atoms with Crippen molar-refractivity contribution in [2.45, 2.75) is 18.9 Å². The molecule has 1 aliphatic heterocycles. The van der Waals surface area contributed by atoms with Crippen LogP contribution in [0, 0.1) is 0 Å². The van der Waals surface area contributed by atoms with Crippen LogP contribution in [0.15, 0.2) is 23.3 Å². The van der Waals surface area contributed by atoms with Gasteiger partial charge in [0.2, 0.25) is 5.91 Å². The van der Waals surface area contributed by atoms with E-state index >= 15 is 0 Å². The van der Waals surface area contributed by atoms with Gasteiger partial charge in [0.05, 0.1) is 5.02 Å². The lowest BCUT2D eigenvalue weighted by Crippen LogP contribution is -2.45. The lowest BCUT2D eigenvalue weighted by molar-refractivity contribution is -0.128. The lowest BCUT2D eigenvalue weighted by Gasteiger charge is -2.20. The number of carbonyl (C=O) groups is 1. The van der Waals surface area contributed by atoms with Crippen molar-refractivity contribution in [2.24, 2.45) is 4.99 Å². The number of hydrogen-bond acceptors (Lipinski definition) is 4. The Hall–Kier alpha value is -2.02. The summed E-state index contributed by atoms with van der Waals surface area (Å²) in [6.45, 7) is 2.26. The van der Waals surface area contributed by atoms with Crippen molar-refractivity contribution >= 4 is 29.3 Å². The Morgan fingerprint density at radius 3 is 3.00 bits per heavy atom. The summed E-state index contributed by atoms with van der Waals surface area (Å²) in [7, 11) is 5.24. The average Bonchev–Trinajstić information content (AvgIpc) is 3.02. The Morgan fingerprint density at radius 1 is 1.54 bits per heavy atom. The highest BCUT2D eigenvalue weighted by atomic mass is 35.5. The SMILES string of the molecule is CN=C(NCCC(=O)N(C)C)NC1CCN(c2ncccc2Cl)C1. The molecule has 1 fully saturated rings. The Bertz CT molecular complexity index is 592. The van der Waals surface area contributed by atoms with E-state index in [9.17, 15) is 4.79 Å². The van der Waals surface area contributed by atoms with Gasteiger partial charge in [-0.05, 0) is 18.6 Å². The smallest absolute Gasteiger partial charge is 0.223 e. The van der Waals surface area contributed by atoms with Crippen molar-refractivity contribution in [1.29, 1.82) is 0 Å². The van der Waals surface area contributed by atoms with Crippen LogP contribution in [0.25, 0.3) is 0 Å². The Balaban J connectivity index is 1.81. The maximum atomic E-state index is 11.6. The number of nitrogens with zero attached hydrogens (tertiary/aromatic N) is 4. The fourth-order valence-electron chi connectivity index (χ4n) is 2.58. The number of halogens is 1. The fourth-order valence-corrected chi connectivity index (χ4v) is 2.82. The summed E-state index contributed by atoms with van der Waals surface area (Å²) in [4.78, 5) is 23.9. The summed E-state index contributed by atoms with van der Waals surface area (Å²) in [5, 5.41) is 7.24. The maximum absolute atomic E-state index is 11.6. The molecule has 1 saturated heterocycles. The van der Waals surface area contributed by atoms with Crippen molar-refractivity contribution in [3.63, 3.8) is 0 Å². The standard InChI is InChI=1S/C16H25ClN6O/c1-18-16(20-9-6-14(24)22(2)3)21-12-7-10-23(11-12)15-13(17)5-4-8-19-15/h4-5,8,12H,6-7,9-11H2,1-3H3,(H2,18,20,21). The molecule has 2 heterocycles. The van der Waals surface area contributed by atoms with E-state index < -0.39 is 0 Å². The van der Waals surface area contributed by atoms with E-state index in [0.717, 1.165) is 25.3 Å². The minimum atomic E-state index is 0.0924. The van der Waals surface area contributed by atoms with E-state index in [1.807, 2.05) is 12.1 Å². The molecule has 2 rings (SSSR count). The number of rotatable bonds is 5. The highest BCUT2D eigenvalue weighted by molar-refractivity contribution is 6.32. The molecule has 1 aromatic rings. The molecule has 0 bridgehead atoms. The zero-order valence-corrected chi connectivity index (χ0v) is 15.2. The van der Waals surface area contributed by atoms with Crippen LogP contribution in [-0.4, -0.2) is 68.6 Å². The number of nitrogens with one attached hydrogen (secondary N) is 2. The highest BCUT2D eigenvalue weighted by Crippen LogP contribution is 2.25. The van der Waals surface area contributed by atoms with Gasteiger partial charge in [0.1, 0.15) is 5.82 Å². The highest BCUT2D eigenvalue weighted by Gasteiger charge is 2.25. The summed E-state index contributed by atoms with van der Waals surface area (Å²) in [5.41, 5.74) is 0. The molecule has 132 valence electrons. The minimum Gasteiger partial charge on any atom is -0.356 e. The molecule has 0 aliphatic carbocycles. The second-order valence-electron chi connectivity index (χ2n) is 5.92. The number of anilines is 1. The molecule has 1 aliphatic rings. The molecule has 1 aromatic heterocycles. The maximum Gasteiger partial charge on any atom is 0.223 e. The van der Waals surface area contributed by atoms with Crippen LogP contribution in [0.5, 0.6) is 0 Å². The molecule has 8 heteroatoms. The van der Waals surface area contributed by atoms with Gasteiger partial charge >= 0.3 is 0 Å². The first-order chi connectivity index (χ1) is 11.5. The number of hydrogen-bond donors (Lipinski definition) is 2. The lowest BCUT2D eigenvalue weighted by atomic mass is 10.3. The van der Waals surface area contributed by atoms with Crippen LogP contribution in [0.2, 0.25) is 5.02 Å². The average molecular weight is 353 g/mol. The predicted octanol–water partition coefficient (Wildman–Crippen LogP) is 0.957. The number of aliphatic imine (C=N–C) groups is 1. The molecule has 1 amide bonds. The third-order valence-electron chi connectivity index (χ3n) is 3.92. The number of carbonyl (C=O) groups excluding carboxylic acids is 1. The van der Waals surface area contributed by atoms with E-state index in [-0.39, 0.29) is 11.9 Å². The molecule has 0 radical (unpaired) electrons. The van der Waals surface area contributed by atoms with Crippen molar-refractivity contribution in [3.8, 4) is 0 Å². The molecule has 1 unspecified atom stereocenters. The fraction of sp³-hybridized carbons (Fsp3) is 0.562. The van der Waals surface area contributed by atoms with E-state index in [2.05, 4.69) is 25.5 Å². The van der Waals surface area contributed by atoms with Gasteiger partial charge < -0.3 is 20.4 Å². The number of amides is 1.